The van der Waals surface area contributed by atoms with Gasteiger partial charge in [-0.2, -0.15) is 0 Å². The quantitative estimate of drug-likeness (QED) is 0.647. The van der Waals surface area contributed by atoms with Crippen molar-refractivity contribution >= 4 is 10.0 Å². The zero-order valence-electron chi connectivity index (χ0n) is 9.89. The van der Waals surface area contributed by atoms with Crippen molar-refractivity contribution < 1.29 is 13.2 Å². The maximum Gasteiger partial charge on any atom is 0.214 e. The highest BCUT2D eigenvalue weighted by Crippen LogP contribution is 2.20. The fourth-order valence-corrected chi connectivity index (χ4v) is 3.63. The third-order valence-electron chi connectivity index (χ3n) is 2.90. The maximum atomic E-state index is 11.9. The van der Waals surface area contributed by atoms with Crippen molar-refractivity contribution in [2.75, 3.05) is 39.1 Å². The Morgan fingerprint density at radius 2 is 2.19 bits per heavy atom. The van der Waals surface area contributed by atoms with Crippen LogP contribution in [0.2, 0.25) is 0 Å². The van der Waals surface area contributed by atoms with Gasteiger partial charge in [0.2, 0.25) is 10.0 Å². The van der Waals surface area contributed by atoms with Gasteiger partial charge in [0.15, 0.2) is 0 Å². The molecule has 0 aliphatic carbocycles. The summed E-state index contributed by atoms with van der Waals surface area (Å²) in [6.45, 7) is 2.45. The number of ether oxygens (including phenoxy) is 1. The second-order valence-corrected chi connectivity index (χ2v) is 6.37. The molecule has 0 radical (unpaired) electrons. The molecule has 16 heavy (non-hydrogen) atoms. The molecule has 5 nitrogen and oxygen atoms in total. The highest BCUT2D eigenvalue weighted by molar-refractivity contribution is 7.89. The van der Waals surface area contributed by atoms with Gasteiger partial charge in [0.1, 0.15) is 0 Å². The molecule has 0 saturated carbocycles. The smallest absolute Gasteiger partial charge is 0.214 e. The van der Waals surface area contributed by atoms with Crippen molar-refractivity contribution in [3.63, 3.8) is 0 Å². The molecule has 1 aliphatic heterocycles. The monoisotopic (exact) mass is 250 g/mol. The second kappa shape index (κ2) is 6.54. The highest BCUT2D eigenvalue weighted by atomic mass is 32.2. The summed E-state index contributed by atoms with van der Waals surface area (Å²) in [7, 11) is -1.41. The average Bonchev–Trinajstić information content (AvgIpc) is 2.68. The summed E-state index contributed by atoms with van der Waals surface area (Å²) in [4.78, 5) is 0. The van der Waals surface area contributed by atoms with Crippen molar-refractivity contribution in [2.24, 2.45) is 11.7 Å². The molecular formula is C10H22N2O3S. The van der Waals surface area contributed by atoms with Crippen LogP contribution in [0.15, 0.2) is 0 Å². The molecule has 1 fully saturated rings. The first-order valence-electron chi connectivity index (χ1n) is 5.77. The van der Waals surface area contributed by atoms with Crippen LogP contribution in [0.5, 0.6) is 0 Å². The van der Waals surface area contributed by atoms with Crippen LogP contribution in [-0.2, 0) is 14.8 Å². The number of rotatable bonds is 7. The van der Waals surface area contributed by atoms with E-state index in [0.29, 0.717) is 38.6 Å². The number of nitrogens with two attached hydrogens (primary N) is 1. The van der Waals surface area contributed by atoms with Crippen LogP contribution in [0.3, 0.4) is 0 Å². The van der Waals surface area contributed by atoms with E-state index in [1.165, 1.54) is 0 Å². The summed E-state index contributed by atoms with van der Waals surface area (Å²) < 4.78 is 30.4. The number of methoxy groups -OCH3 is 1. The zero-order chi connectivity index (χ0) is 12.0. The number of unbranched alkanes of at least 4 members (excludes halogenated alkanes) is 1. The van der Waals surface area contributed by atoms with E-state index in [0.717, 1.165) is 12.8 Å². The molecule has 0 spiro atoms. The first kappa shape index (κ1) is 13.9. The van der Waals surface area contributed by atoms with Crippen LogP contribution >= 0.6 is 0 Å². The van der Waals surface area contributed by atoms with Gasteiger partial charge in [-0.05, 0) is 31.7 Å². The lowest BCUT2D eigenvalue weighted by Crippen LogP contribution is -2.31. The van der Waals surface area contributed by atoms with Crippen LogP contribution in [0.25, 0.3) is 0 Å². The lowest BCUT2D eigenvalue weighted by atomic mass is 10.1. The van der Waals surface area contributed by atoms with Crippen LogP contribution in [0, 0.1) is 5.92 Å². The van der Waals surface area contributed by atoms with Crippen LogP contribution in [0.1, 0.15) is 19.3 Å². The van der Waals surface area contributed by atoms with Crippen LogP contribution in [0.4, 0.5) is 0 Å². The highest BCUT2D eigenvalue weighted by Gasteiger charge is 2.30. The normalized spacial score (nSPS) is 22.8. The summed E-state index contributed by atoms with van der Waals surface area (Å²) in [5, 5.41) is 0. The van der Waals surface area contributed by atoms with E-state index in [2.05, 4.69) is 0 Å². The predicted octanol–water partition coefficient (Wildman–Crippen LogP) is 0.0234. The SMILES string of the molecule is COCC1CCN(S(=O)(=O)CCCCN)C1. The average molecular weight is 250 g/mol. The van der Waals surface area contributed by atoms with E-state index in [1.54, 1.807) is 11.4 Å². The van der Waals surface area contributed by atoms with Gasteiger partial charge >= 0.3 is 0 Å². The van der Waals surface area contributed by atoms with Crippen LogP contribution < -0.4 is 5.73 Å². The van der Waals surface area contributed by atoms with E-state index in [1.807, 2.05) is 0 Å². The van der Waals surface area contributed by atoms with Gasteiger partial charge in [-0.25, -0.2) is 12.7 Å². The number of hydrogen-bond acceptors (Lipinski definition) is 4. The van der Waals surface area contributed by atoms with Crippen LogP contribution in [-0.4, -0.2) is 51.8 Å². The summed E-state index contributed by atoms with van der Waals surface area (Å²) in [6.07, 6.45) is 2.34. The van der Waals surface area contributed by atoms with Gasteiger partial charge in [-0.3, -0.25) is 0 Å². The summed E-state index contributed by atoms with van der Waals surface area (Å²) >= 11 is 0. The molecule has 0 aromatic heterocycles. The molecule has 0 aromatic rings. The van der Waals surface area contributed by atoms with E-state index in [-0.39, 0.29) is 5.75 Å². The fraction of sp³-hybridized carbons (Fsp3) is 1.00. The maximum absolute atomic E-state index is 11.9. The minimum absolute atomic E-state index is 0.226. The Labute approximate surface area is 98.0 Å². The van der Waals surface area contributed by atoms with Crippen molar-refractivity contribution in [1.29, 1.82) is 0 Å². The molecule has 1 atom stereocenters. The Morgan fingerprint density at radius 3 is 2.81 bits per heavy atom. The van der Waals surface area contributed by atoms with Gasteiger partial charge in [-0.15, -0.1) is 0 Å². The van der Waals surface area contributed by atoms with Gasteiger partial charge < -0.3 is 10.5 Å². The lowest BCUT2D eigenvalue weighted by Gasteiger charge is -2.16. The molecule has 1 unspecified atom stereocenters. The van der Waals surface area contributed by atoms with Crippen molar-refractivity contribution in [2.45, 2.75) is 19.3 Å². The minimum Gasteiger partial charge on any atom is -0.384 e. The second-order valence-electron chi connectivity index (χ2n) is 4.28. The van der Waals surface area contributed by atoms with Gasteiger partial charge in [0.25, 0.3) is 0 Å². The molecule has 0 bridgehead atoms. The van der Waals surface area contributed by atoms with Crippen molar-refractivity contribution in [3.05, 3.63) is 0 Å². The molecule has 96 valence electrons. The Balaban J connectivity index is 2.39. The Bertz CT molecular complexity index is 292. The molecule has 0 amide bonds. The van der Waals surface area contributed by atoms with E-state index in [9.17, 15) is 8.42 Å². The zero-order valence-corrected chi connectivity index (χ0v) is 10.7. The molecule has 1 aliphatic rings. The topological polar surface area (TPSA) is 72.6 Å². The van der Waals surface area contributed by atoms with Gasteiger partial charge in [0.05, 0.1) is 12.4 Å². The van der Waals surface area contributed by atoms with E-state index in [4.69, 9.17) is 10.5 Å². The number of nitrogens with zero attached hydrogens (tertiary/aromatic N) is 1. The largest absolute Gasteiger partial charge is 0.384 e. The van der Waals surface area contributed by atoms with Gasteiger partial charge in [0, 0.05) is 20.2 Å². The Kier molecular flexibility index (Phi) is 5.68. The van der Waals surface area contributed by atoms with Crippen molar-refractivity contribution in [3.8, 4) is 0 Å². The molecule has 6 heteroatoms. The molecule has 1 saturated heterocycles. The fourth-order valence-electron chi connectivity index (χ4n) is 1.98. The Hall–Kier alpha value is -0.170. The standard InChI is InChI=1S/C10H22N2O3S/c1-15-9-10-4-6-12(8-10)16(13,14)7-3-2-5-11/h10H,2-9,11H2,1H3. The molecule has 1 rings (SSSR count). The first-order chi connectivity index (χ1) is 7.60. The molecule has 2 N–H and O–H groups in total. The minimum atomic E-state index is -3.06. The molecule has 1 heterocycles. The summed E-state index contributed by atoms with van der Waals surface area (Å²) in [5.41, 5.74) is 5.35. The number of hydrogen-bond donors (Lipinski definition) is 1. The predicted molar refractivity (Wildman–Crippen MR) is 63.6 cm³/mol. The first-order valence-corrected chi connectivity index (χ1v) is 7.38. The summed E-state index contributed by atoms with van der Waals surface area (Å²) in [5.74, 6) is 0.582. The molecule has 0 aromatic carbocycles. The third kappa shape index (κ3) is 4.01. The van der Waals surface area contributed by atoms with Gasteiger partial charge in [-0.1, -0.05) is 0 Å². The summed E-state index contributed by atoms with van der Waals surface area (Å²) in [6, 6.07) is 0. The van der Waals surface area contributed by atoms with E-state index >= 15 is 0 Å². The molecular weight excluding hydrogens is 228 g/mol. The lowest BCUT2D eigenvalue weighted by molar-refractivity contribution is 0.157. The third-order valence-corrected chi connectivity index (χ3v) is 4.82. The number of sulfonamides is 1. The van der Waals surface area contributed by atoms with E-state index < -0.39 is 10.0 Å². The Morgan fingerprint density at radius 1 is 1.44 bits per heavy atom. The van der Waals surface area contributed by atoms with Crippen molar-refractivity contribution in [1.82, 2.24) is 4.31 Å².